The van der Waals surface area contributed by atoms with E-state index in [1.807, 2.05) is 4.90 Å². The number of hydrogen-bond donors (Lipinski definition) is 1. The van der Waals surface area contributed by atoms with Crippen molar-refractivity contribution in [3.8, 4) is 0 Å². The second-order valence-corrected chi connectivity index (χ2v) is 7.51. The molecule has 4 heteroatoms. The Kier molecular flexibility index (Phi) is 5.75. The average molecular weight is 308 g/mol. The van der Waals surface area contributed by atoms with Crippen molar-refractivity contribution in [2.75, 3.05) is 26.2 Å². The van der Waals surface area contributed by atoms with Crippen LogP contribution in [0.4, 0.5) is 0 Å². The molecular weight excluding hydrogens is 276 g/mol. The molecule has 1 atom stereocenters. The van der Waals surface area contributed by atoms with Crippen LogP contribution >= 0.6 is 0 Å². The van der Waals surface area contributed by atoms with Gasteiger partial charge in [0.05, 0.1) is 6.10 Å². The molecule has 2 saturated heterocycles. The summed E-state index contributed by atoms with van der Waals surface area (Å²) in [6.45, 7) is 3.82. The van der Waals surface area contributed by atoms with E-state index >= 15 is 0 Å². The Morgan fingerprint density at radius 2 is 1.50 bits per heavy atom. The van der Waals surface area contributed by atoms with Gasteiger partial charge < -0.3 is 14.9 Å². The molecule has 2 heterocycles. The lowest BCUT2D eigenvalue weighted by Gasteiger charge is -2.39. The maximum atomic E-state index is 12.7. The molecule has 3 fully saturated rings. The molecular formula is C18H32N2O2. The first-order valence-electron chi connectivity index (χ1n) is 9.45. The molecule has 0 aromatic carbocycles. The third-order valence-electron chi connectivity index (χ3n) is 5.98. The van der Waals surface area contributed by atoms with Crippen molar-refractivity contribution in [2.45, 2.75) is 76.4 Å². The second-order valence-electron chi connectivity index (χ2n) is 7.51. The highest BCUT2D eigenvalue weighted by Gasteiger charge is 2.32. The number of amides is 1. The molecule has 1 N–H and O–H groups in total. The molecule has 22 heavy (non-hydrogen) atoms. The first-order chi connectivity index (χ1) is 10.7. The maximum absolute atomic E-state index is 12.7. The SMILES string of the molecule is O=C(C1CCN(C2CCCCC2)CC1)N1CCCC(O)CC1. The summed E-state index contributed by atoms with van der Waals surface area (Å²) in [6.07, 6.45) is 11.3. The highest BCUT2D eigenvalue weighted by Crippen LogP contribution is 2.28. The molecule has 1 saturated carbocycles. The van der Waals surface area contributed by atoms with E-state index in [4.69, 9.17) is 0 Å². The van der Waals surface area contributed by atoms with Crippen molar-refractivity contribution in [1.29, 1.82) is 0 Å². The van der Waals surface area contributed by atoms with Crippen LogP contribution in [0.5, 0.6) is 0 Å². The van der Waals surface area contributed by atoms with Crippen molar-refractivity contribution in [1.82, 2.24) is 9.80 Å². The average Bonchev–Trinajstić information content (AvgIpc) is 2.80. The van der Waals surface area contributed by atoms with Gasteiger partial charge in [-0.25, -0.2) is 0 Å². The van der Waals surface area contributed by atoms with Crippen LogP contribution in [-0.4, -0.2) is 59.1 Å². The number of aliphatic hydroxyl groups excluding tert-OH is 1. The first kappa shape index (κ1) is 16.3. The normalized spacial score (nSPS) is 30.2. The summed E-state index contributed by atoms with van der Waals surface area (Å²) in [5, 5.41) is 9.73. The summed E-state index contributed by atoms with van der Waals surface area (Å²) in [6, 6.07) is 0.790. The lowest BCUT2D eigenvalue weighted by atomic mass is 9.89. The minimum absolute atomic E-state index is 0.203. The van der Waals surface area contributed by atoms with Crippen molar-refractivity contribution >= 4 is 5.91 Å². The van der Waals surface area contributed by atoms with Crippen LogP contribution in [0, 0.1) is 5.92 Å². The minimum atomic E-state index is -0.203. The van der Waals surface area contributed by atoms with Crippen LogP contribution in [0.2, 0.25) is 0 Å². The Morgan fingerprint density at radius 3 is 2.23 bits per heavy atom. The summed E-state index contributed by atoms with van der Waals surface area (Å²) in [4.78, 5) is 17.4. The molecule has 3 aliphatic rings. The quantitative estimate of drug-likeness (QED) is 0.852. The van der Waals surface area contributed by atoms with Crippen LogP contribution in [-0.2, 0) is 4.79 Å². The number of rotatable bonds is 2. The summed E-state index contributed by atoms with van der Waals surface area (Å²) in [7, 11) is 0. The van der Waals surface area contributed by atoms with Crippen LogP contribution in [0.1, 0.15) is 64.2 Å². The number of aliphatic hydroxyl groups is 1. The highest BCUT2D eigenvalue weighted by molar-refractivity contribution is 5.79. The number of carbonyl (C=O) groups is 1. The van der Waals surface area contributed by atoms with E-state index in [1.54, 1.807) is 0 Å². The van der Waals surface area contributed by atoms with Crippen LogP contribution in [0.15, 0.2) is 0 Å². The molecule has 4 nitrogen and oxygen atoms in total. The number of carbonyl (C=O) groups excluding carboxylic acids is 1. The molecule has 1 unspecified atom stereocenters. The fourth-order valence-electron chi connectivity index (χ4n) is 4.52. The number of likely N-dealkylation sites (tertiary alicyclic amines) is 2. The monoisotopic (exact) mass is 308 g/mol. The first-order valence-corrected chi connectivity index (χ1v) is 9.45. The van der Waals surface area contributed by atoms with Gasteiger partial charge in [0.1, 0.15) is 0 Å². The molecule has 2 aliphatic heterocycles. The van der Waals surface area contributed by atoms with Gasteiger partial charge in [0.25, 0.3) is 0 Å². The zero-order valence-electron chi connectivity index (χ0n) is 13.9. The molecule has 126 valence electrons. The Labute approximate surface area is 134 Å². The Morgan fingerprint density at radius 1 is 0.773 bits per heavy atom. The third kappa shape index (κ3) is 4.02. The fourth-order valence-corrected chi connectivity index (χ4v) is 4.52. The predicted octanol–water partition coefficient (Wildman–Crippen LogP) is 2.40. The molecule has 0 aromatic heterocycles. The maximum Gasteiger partial charge on any atom is 0.225 e. The zero-order chi connectivity index (χ0) is 15.4. The highest BCUT2D eigenvalue weighted by atomic mass is 16.3. The number of piperidine rings is 1. The van der Waals surface area contributed by atoms with E-state index in [1.165, 1.54) is 32.1 Å². The molecule has 0 radical (unpaired) electrons. The van der Waals surface area contributed by atoms with Gasteiger partial charge in [-0.2, -0.15) is 0 Å². The van der Waals surface area contributed by atoms with Gasteiger partial charge in [-0.15, -0.1) is 0 Å². The summed E-state index contributed by atoms with van der Waals surface area (Å²) in [5.74, 6) is 0.590. The van der Waals surface area contributed by atoms with Gasteiger partial charge in [0.15, 0.2) is 0 Å². The van der Waals surface area contributed by atoms with E-state index in [-0.39, 0.29) is 12.0 Å². The Bertz CT molecular complexity index is 360. The summed E-state index contributed by atoms with van der Waals surface area (Å²) < 4.78 is 0. The Hall–Kier alpha value is -0.610. The van der Waals surface area contributed by atoms with E-state index in [0.717, 1.165) is 64.3 Å². The number of nitrogens with zero attached hydrogens (tertiary/aromatic N) is 2. The van der Waals surface area contributed by atoms with Crippen molar-refractivity contribution in [3.63, 3.8) is 0 Å². The fraction of sp³-hybridized carbons (Fsp3) is 0.944. The molecule has 1 amide bonds. The van der Waals surface area contributed by atoms with Gasteiger partial charge in [0, 0.05) is 25.0 Å². The van der Waals surface area contributed by atoms with Crippen molar-refractivity contribution in [3.05, 3.63) is 0 Å². The van der Waals surface area contributed by atoms with E-state index in [2.05, 4.69) is 4.90 Å². The van der Waals surface area contributed by atoms with Gasteiger partial charge in [0.2, 0.25) is 5.91 Å². The van der Waals surface area contributed by atoms with Gasteiger partial charge in [-0.3, -0.25) is 4.79 Å². The van der Waals surface area contributed by atoms with Gasteiger partial charge >= 0.3 is 0 Å². The predicted molar refractivity (Wildman–Crippen MR) is 87.6 cm³/mol. The molecule has 0 spiro atoms. The van der Waals surface area contributed by atoms with Crippen LogP contribution in [0.3, 0.4) is 0 Å². The summed E-state index contributed by atoms with van der Waals surface area (Å²) >= 11 is 0. The largest absolute Gasteiger partial charge is 0.393 e. The second kappa shape index (κ2) is 7.78. The van der Waals surface area contributed by atoms with E-state index < -0.39 is 0 Å². The molecule has 1 aliphatic carbocycles. The summed E-state index contributed by atoms with van der Waals surface area (Å²) in [5.41, 5.74) is 0. The van der Waals surface area contributed by atoms with Crippen LogP contribution < -0.4 is 0 Å². The molecule has 0 aromatic rings. The third-order valence-corrected chi connectivity index (χ3v) is 5.98. The van der Waals surface area contributed by atoms with Gasteiger partial charge in [-0.1, -0.05) is 19.3 Å². The smallest absolute Gasteiger partial charge is 0.225 e. The molecule has 0 bridgehead atoms. The Balaban J connectivity index is 1.47. The molecule has 3 rings (SSSR count). The van der Waals surface area contributed by atoms with Gasteiger partial charge in [-0.05, 0) is 58.0 Å². The zero-order valence-corrected chi connectivity index (χ0v) is 13.9. The van der Waals surface area contributed by atoms with Crippen molar-refractivity contribution < 1.29 is 9.90 Å². The van der Waals surface area contributed by atoms with Crippen molar-refractivity contribution in [2.24, 2.45) is 5.92 Å². The van der Waals surface area contributed by atoms with E-state index in [9.17, 15) is 9.90 Å². The van der Waals surface area contributed by atoms with E-state index in [0.29, 0.717) is 5.91 Å². The lowest BCUT2D eigenvalue weighted by Crippen LogP contribution is -2.46. The standard InChI is InChI=1S/C18H32N2O2/c21-17-7-4-11-20(14-10-17)18(22)15-8-12-19(13-9-15)16-5-2-1-3-6-16/h15-17,21H,1-14H2. The number of hydrogen-bond acceptors (Lipinski definition) is 3. The minimum Gasteiger partial charge on any atom is -0.393 e. The topological polar surface area (TPSA) is 43.8 Å². The van der Waals surface area contributed by atoms with Crippen LogP contribution in [0.25, 0.3) is 0 Å². The lowest BCUT2D eigenvalue weighted by molar-refractivity contribution is -0.137.